The molecule has 2 N–H and O–H groups in total. The minimum absolute atomic E-state index is 0.0553. The number of carbonyl (C=O) groups is 1. The van der Waals surface area contributed by atoms with Crippen molar-refractivity contribution in [1.29, 1.82) is 0 Å². The Balaban J connectivity index is 2.02. The van der Waals surface area contributed by atoms with Crippen molar-refractivity contribution in [2.45, 2.75) is 6.18 Å². The van der Waals surface area contributed by atoms with Gasteiger partial charge in [0.05, 0.1) is 16.2 Å². The molecule has 1 aliphatic heterocycles. The molecule has 2 aromatic rings. The van der Waals surface area contributed by atoms with Gasteiger partial charge in [0.15, 0.2) is 0 Å². The van der Waals surface area contributed by atoms with Crippen molar-refractivity contribution in [2.75, 3.05) is 0 Å². The molecule has 25 heavy (non-hydrogen) atoms. The van der Waals surface area contributed by atoms with Crippen LogP contribution in [0.25, 0.3) is 6.08 Å². The number of para-hydroxylation sites is 1. The van der Waals surface area contributed by atoms with E-state index in [-0.39, 0.29) is 17.3 Å². The largest absolute Gasteiger partial charge is 0.508 e. The minimum atomic E-state index is -4.54. The summed E-state index contributed by atoms with van der Waals surface area (Å²) in [5.74, 6) is 0.142. The van der Waals surface area contributed by atoms with Crippen LogP contribution in [-0.2, 0) is 6.18 Å². The number of amidine groups is 1. The second-order valence-corrected chi connectivity index (χ2v) is 6.10. The molecular formula is C17H11F3N2O2S. The van der Waals surface area contributed by atoms with Crippen LogP contribution in [0.15, 0.2) is 58.4 Å². The fourth-order valence-corrected chi connectivity index (χ4v) is 2.90. The monoisotopic (exact) mass is 364 g/mol. The molecule has 0 atom stereocenters. The van der Waals surface area contributed by atoms with Crippen molar-refractivity contribution < 1.29 is 23.1 Å². The third-order valence-corrected chi connectivity index (χ3v) is 4.11. The molecule has 1 aliphatic rings. The molecule has 2 aromatic carbocycles. The summed E-state index contributed by atoms with van der Waals surface area (Å²) in [5.41, 5.74) is -0.476. The summed E-state index contributed by atoms with van der Waals surface area (Å²) in [4.78, 5) is 16.0. The molecule has 4 nitrogen and oxygen atoms in total. The molecule has 0 unspecified atom stereocenters. The number of carbonyl (C=O) groups excluding carboxylic acids is 1. The quantitative estimate of drug-likeness (QED) is 0.794. The zero-order valence-corrected chi connectivity index (χ0v) is 13.4. The molecule has 0 bridgehead atoms. The maximum absolute atomic E-state index is 13.1. The standard InChI is InChI=1S/C17H11F3N2O2S/c18-17(19,20)12-3-1-2-4-13(12)21-15-14(25-16(24)22-15)9-10-5-7-11(23)8-6-10/h1-9,23H,(H,21,22,24)/b14-9-. The van der Waals surface area contributed by atoms with Crippen LogP contribution in [0.4, 0.5) is 23.7 Å². The van der Waals surface area contributed by atoms with Crippen molar-refractivity contribution in [3.63, 3.8) is 0 Å². The lowest BCUT2D eigenvalue weighted by Crippen LogP contribution is -2.19. The molecule has 0 aromatic heterocycles. The zero-order valence-electron chi connectivity index (χ0n) is 12.5. The van der Waals surface area contributed by atoms with Gasteiger partial charge >= 0.3 is 6.18 Å². The highest BCUT2D eigenvalue weighted by atomic mass is 32.2. The highest BCUT2D eigenvalue weighted by Crippen LogP contribution is 2.37. The number of phenolic OH excluding ortho intramolecular Hbond substituents is 1. The summed E-state index contributed by atoms with van der Waals surface area (Å²) >= 11 is 0.842. The molecule has 1 saturated heterocycles. The Morgan fingerprint density at radius 1 is 1.08 bits per heavy atom. The Hall–Kier alpha value is -2.74. The van der Waals surface area contributed by atoms with Crippen molar-refractivity contribution in [3.05, 3.63) is 64.6 Å². The summed E-state index contributed by atoms with van der Waals surface area (Å²) in [6.07, 6.45) is -2.94. The van der Waals surface area contributed by atoms with Crippen LogP contribution in [0.5, 0.6) is 5.75 Å². The molecule has 0 aliphatic carbocycles. The highest BCUT2D eigenvalue weighted by Gasteiger charge is 2.34. The van der Waals surface area contributed by atoms with Crippen LogP contribution < -0.4 is 5.32 Å². The Bertz CT molecular complexity index is 874. The summed E-state index contributed by atoms with van der Waals surface area (Å²) in [6, 6.07) is 11.1. The number of phenols is 1. The van der Waals surface area contributed by atoms with Crippen molar-refractivity contribution >= 4 is 34.6 Å². The van der Waals surface area contributed by atoms with E-state index in [9.17, 15) is 23.1 Å². The number of aromatic hydroxyl groups is 1. The third-order valence-electron chi connectivity index (χ3n) is 3.29. The SMILES string of the molecule is O=C1NC(=Nc2ccccc2C(F)(F)F)/C(=C/c2ccc(O)cc2)S1. The van der Waals surface area contributed by atoms with Gasteiger partial charge < -0.3 is 10.4 Å². The predicted octanol–water partition coefficient (Wildman–Crippen LogP) is 4.94. The fraction of sp³-hybridized carbons (Fsp3) is 0.0588. The second kappa shape index (κ2) is 6.64. The van der Waals surface area contributed by atoms with Crippen LogP contribution in [0.3, 0.4) is 0 Å². The number of hydrogen-bond donors (Lipinski definition) is 2. The van der Waals surface area contributed by atoms with E-state index in [1.54, 1.807) is 18.2 Å². The minimum Gasteiger partial charge on any atom is -0.508 e. The van der Waals surface area contributed by atoms with E-state index in [1.165, 1.54) is 30.3 Å². The van der Waals surface area contributed by atoms with Gasteiger partial charge in [0.25, 0.3) is 5.24 Å². The van der Waals surface area contributed by atoms with E-state index in [1.807, 2.05) is 0 Å². The molecule has 8 heteroatoms. The van der Waals surface area contributed by atoms with Crippen LogP contribution >= 0.6 is 11.8 Å². The first-order valence-electron chi connectivity index (χ1n) is 7.08. The smallest absolute Gasteiger partial charge is 0.418 e. The molecular weight excluding hydrogens is 353 g/mol. The Morgan fingerprint density at radius 3 is 2.44 bits per heavy atom. The van der Waals surface area contributed by atoms with Crippen molar-refractivity contribution in [2.24, 2.45) is 4.99 Å². The molecule has 0 saturated carbocycles. The van der Waals surface area contributed by atoms with Gasteiger partial charge in [-0.2, -0.15) is 13.2 Å². The highest BCUT2D eigenvalue weighted by molar-refractivity contribution is 8.18. The lowest BCUT2D eigenvalue weighted by Gasteiger charge is -2.10. The van der Waals surface area contributed by atoms with Gasteiger partial charge in [0, 0.05) is 0 Å². The lowest BCUT2D eigenvalue weighted by atomic mass is 10.1. The van der Waals surface area contributed by atoms with Crippen LogP contribution in [0.1, 0.15) is 11.1 Å². The van der Waals surface area contributed by atoms with E-state index in [4.69, 9.17) is 0 Å². The van der Waals surface area contributed by atoms with E-state index in [2.05, 4.69) is 10.3 Å². The number of nitrogens with one attached hydrogen (secondary N) is 1. The number of amides is 1. The van der Waals surface area contributed by atoms with Gasteiger partial charge in [-0.15, -0.1) is 0 Å². The summed E-state index contributed by atoms with van der Waals surface area (Å²) in [5, 5.41) is 11.3. The maximum atomic E-state index is 13.1. The van der Waals surface area contributed by atoms with Crippen LogP contribution in [0.2, 0.25) is 0 Å². The van der Waals surface area contributed by atoms with Gasteiger partial charge in [0.1, 0.15) is 11.6 Å². The van der Waals surface area contributed by atoms with Gasteiger partial charge in [-0.05, 0) is 47.7 Å². The lowest BCUT2D eigenvalue weighted by molar-refractivity contribution is -0.137. The van der Waals surface area contributed by atoms with Crippen LogP contribution in [-0.4, -0.2) is 16.2 Å². The average Bonchev–Trinajstić information content (AvgIpc) is 2.88. The molecule has 128 valence electrons. The summed E-state index contributed by atoms with van der Waals surface area (Å²) < 4.78 is 39.2. The third kappa shape index (κ3) is 4.03. The summed E-state index contributed by atoms with van der Waals surface area (Å²) in [7, 11) is 0. The maximum Gasteiger partial charge on any atom is 0.418 e. The van der Waals surface area contributed by atoms with E-state index >= 15 is 0 Å². The van der Waals surface area contributed by atoms with E-state index in [0.29, 0.717) is 10.5 Å². The Labute approximate surface area is 145 Å². The van der Waals surface area contributed by atoms with Crippen molar-refractivity contribution in [3.8, 4) is 5.75 Å². The number of nitrogens with zero attached hydrogens (tertiary/aromatic N) is 1. The predicted molar refractivity (Wildman–Crippen MR) is 90.7 cm³/mol. The first kappa shape index (κ1) is 17.1. The Kier molecular flexibility index (Phi) is 4.54. The van der Waals surface area contributed by atoms with Crippen LogP contribution in [0, 0.1) is 0 Å². The fourth-order valence-electron chi connectivity index (χ4n) is 2.17. The molecule has 1 heterocycles. The topological polar surface area (TPSA) is 61.7 Å². The van der Waals surface area contributed by atoms with Gasteiger partial charge in [-0.3, -0.25) is 4.79 Å². The number of alkyl halides is 3. The first-order chi connectivity index (χ1) is 11.8. The number of hydrogen-bond acceptors (Lipinski definition) is 4. The molecule has 0 spiro atoms. The number of benzene rings is 2. The number of thioether (sulfide) groups is 1. The van der Waals surface area contributed by atoms with E-state index < -0.39 is 17.0 Å². The molecule has 1 amide bonds. The number of rotatable bonds is 2. The molecule has 3 rings (SSSR count). The number of halogens is 3. The average molecular weight is 364 g/mol. The normalized spacial score (nSPS) is 18.0. The molecule has 0 radical (unpaired) electrons. The first-order valence-corrected chi connectivity index (χ1v) is 7.89. The van der Waals surface area contributed by atoms with Crippen molar-refractivity contribution in [1.82, 2.24) is 5.32 Å². The number of aliphatic imine (C=N–C) groups is 1. The van der Waals surface area contributed by atoms with Gasteiger partial charge in [-0.1, -0.05) is 24.3 Å². The Morgan fingerprint density at radius 2 is 1.76 bits per heavy atom. The van der Waals surface area contributed by atoms with Gasteiger partial charge in [0.2, 0.25) is 0 Å². The second-order valence-electron chi connectivity index (χ2n) is 5.09. The molecule has 1 fully saturated rings. The zero-order chi connectivity index (χ0) is 18.0. The summed E-state index contributed by atoms with van der Waals surface area (Å²) in [6.45, 7) is 0. The van der Waals surface area contributed by atoms with Gasteiger partial charge in [-0.25, -0.2) is 4.99 Å². The van der Waals surface area contributed by atoms with E-state index in [0.717, 1.165) is 17.8 Å².